The maximum atomic E-state index is 12.8. The summed E-state index contributed by atoms with van der Waals surface area (Å²) in [5, 5.41) is 6.75. The molecule has 0 atom stereocenters. The van der Waals surface area contributed by atoms with Gasteiger partial charge in [-0.1, -0.05) is 43.8 Å². The number of carbonyl (C=O) groups is 1. The van der Waals surface area contributed by atoms with Crippen molar-refractivity contribution in [2.24, 2.45) is 7.05 Å². The number of rotatable bonds is 4. The van der Waals surface area contributed by atoms with Crippen molar-refractivity contribution in [3.8, 4) is 0 Å². The standard InChI is InChI=1S/C18H19F3N4OS/c1-17(2)12-7-5-6-8-13(12)24(3)14(17)9-11(26)10-27-16-23-22-15(25(16)4)18(19,20)21/h5-9H,10H2,1-4H3/b14-9+. The molecular weight excluding hydrogens is 377 g/mol. The van der Waals surface area contributed by atoms with Gasteiger partial charge in [-0.15, -0.1) is 10.2 Å². The van der Waals surface area contributed by atoms with E-state index in [9.17, 15) is 18.0 Å². The van der Waals surface area contributed by atoms with E-state index in [1.165, 1.54) is 7.05 Å². The van der Waals surface area contributed by atoms with Gasteiger partial charge in [0.15, 0.2) is 10.9 Å². The van der Waals surface area contributed by atoms with E-state index in [1.54, 1.807) is 6.08 Å². The predicted molar refractivity (Wildman–Crippen MR) is 97.7 cm³/mol. The number of benzene rings is 1. The fourth-order valence-corrected chi connectivity index (χ4v) is 4.01. The van der Waals surface area contributed by atoms with Gasteiger partial charge in [-0.2, -0.15) is 13.2 Å². The Balaban J connectivity index is 1.76. The summed E-state index contributed by atoms with van der Waals surface area (Å²) in [5.41, 5.74) is 2.68. The van der Waals surface area contributed by atoms with Crippen LogP contribution in [0.1, 0.15) is 25.2 Å². The number of nitrogens with zero attached hydrogens (tertiary/aromatic N) is 4. The van der Waals surface area contributed by atoms with Crippen LogP contribution in [-0.4, -0.2) is 33.3 Å². The first kappa shape index (κ1) is 19.5. The molecule has 0 aliphatic carbocycles. The van der Waals surface area contributed by atoms with Gasteiger partial charge in [0.2, 0.25) is 5.82 Å². The first-order chi connectivity index (χ1) is 12.5. The number of likely N-dealkylation sites (N-methyl/N-ethyl adjacent to an activating group) is 1. The van der Waals surface area contributed by atoms with Gasteiger partial charge in [-0.05, 0) is 11.6 Å². The summed E-state index contributed by atoms with van der Waals surface area (Å²) in [6.45, 7) is 4.08. The Bertz CT molecular complexity index is 918. The third kappa shape index (κ3) is 3.47. The van der Waals surface area contributed by atoms with Crippen molar-refractivity contribution in [1.29, 1.82) is 0 Å². The highest BCUT2D eigenvalue weighted by Gasteiger charge is 2.39. The minimum absolute atomic E-state index is 0.0202. The molecule has 1 aromatic heterocycles. The van der Waals surface area contributed by atoms with Gasteiger partial charge in [-0.3, -0.25) is 4.79 Å². The van der Waals surface area contributed by atoms with Gasteiger partial charge in [0, 0.05) is 37.0 Å². The zero-order valence-electron chi connectivity index (χ0n) is 15.3. The van der Waals surface area contributed by atoms with E-state index in [0.717, 1.165) is 33.3 Å². The molecule has 1 aliphatic rings. The van der Waals surface area contributed by atoms with Crippen molar-refractivity contribution < 1.29 is 18.0 Å². The Hall–Kier alpha value is -2.29. The third-order valence-corrected chi connectivity index (χ3v) is 5.71. The van der Waals surface area contributed by atoms with Crippen molar-refractivity contribution in [1.82, 2.24) is 14.8 Å². The van der Waals surface area contributed by atoms with Crippen LogP contribution >= 0.6 is 11.8 Å². The Morgan fingerprint density at radius 1 is 1.22 bits per heavy atom. The van der Waals surface area contributed by atoms with Crippen molar-refractivity contribution in [3.63, 3.8) is 0 Å². The first-order valence-corrected chi connectivity index (χ1v) is 9.19. The number of hydrogen-bond donors (Lipinski definition) is 0. The number of carbonyl (C=O) groups excluding carboxylic acids is 1. The molecule has 5 nitrogen and oxygen atoms in total. The highest BCUT2D eigenvalue weighted by atomic mass is 32.2. The largest absolute Gasteiger partial charge is 0.451 e. The lowest BCUT2D eigenvalue weighted by Crippen LogP contribution is -2.24. The molecule has 27 heavy (non-hydrogen) atoms. The normalized spacial score (nSPS) is 17.4. The van der Waals surface area contributed by atoms with E-state index in [1.807, 2.05) is 50.1 Å². The van der Waals surface area contributed by atoms with Crippen molar-refractivity contribution in [3.05, 3.63) is 47.4 Å². The molecule has 0 radical (unpaired) electrons. The summed E-state index contributed by atoms with van der Waals surface area (Å²) in [7, 11) is 3.14. The molecule has 0 spiro atoms. The minimum atomic E-state index is -4.57. The molecule has 1 aliphatic heterocycles. The van der Waals surface area contributed by atoms with Gasteiger partial charge < -0.3 is 9.47 Å². The van der Waals surface area contributed by atoms with Crippen molar-refractivity contribution in [2.45, 2.75) is 30.6 Å². The van der Waals surface area contributed by atoms with Crippen LogP contribution < -0.4 is 4.90 Å². The Morgan fingerprint density at radius 3 is 2.48 bits per heavy atom. The summed E-state index contributed by atoms with van der Waals surface area (Å²) >= 11 is 0.937. The maximum Gasteiger partial charge on any atom is 0.451 e. The number of allylic oxidation sites excluding steroid dienone is 2. The molecule has 2 aromatic rings. The monoisotopic (exact) mass is 396 g/mol. The van der Waals surface area contributed by atoms with E-state index in [4.69, 9.17) is 0 Å². The topological polar surface area (TPSA) is 51.0 Å². The lowest BCUT2D eigenvalue weighted by atomic mass is 9.83. The Labute approximate surface area is 159 Å². The Kier molecular flexibility index (Phi) is 4.83. The maximum absolute atomic E-state index is 12.8. The summed E-state index contributed by atoms with van der Waals surface area (Å²) in [6, 6.07) is 7.93. The van der Waals surface area contributed by atoms with Crippen LogP contribution in [0, 0.1) is 0 Å². The molecule has 0 saturated carbocycles. The molecular formula is C18H19F3N4OS. The Morgan fingerprint density at radius 2 is 1.89 bits per heavy atom. The van der Waals surface area contributed by atoms with Crippen molar-refractivity contribution >= 4 is 23.2 Å². The van der Waals surface area contributed by atoms with Crippen LogP contribution in [0.5, 0.6) is 0 Å². The molecule has 0 fully saturated rings. The quantitative estimate of drug-likeness (QED) is 0.581. The molecule has 0 amide bonds. The molecule has 9 heteroatoms. The molecule has 0 saturated heterocycles. The summed E-state index contributed by atoms with van der Waals surface area (Å²) in [5.74, 6) is -1.30. The zero-order valence-corrected chi connectivity index (χ0v) is 16.1. The summed E-state index contributed by atoms with van der Waals surface area (Å²) < 4.78 is 39.2. The van der Waals surface area contributed by atoms with Gasteiger partial charge in [-0.25, -0.2) is 0 Å². The number of hydrogen-bond acceptors (Lipinski definition) is 5. The number of alkyl halides is 3. The van der Waals surface area contributed by atoms with E-state index in [-0.39, 0.29) is 22.1 Å². The number of ketones is 1. The van der Waals surface area contributed by atoms with E-state index < -0.39 is 12.0 Å². The highest BCUT2D eigenvalue weighted by Crippen LogP contribution is 2.46. The number of thioether (sulfide) groups is 1. The van der Waals surface area contributed by atoms with Gasteiger partial charge in [0.25, 0.3) is 0 Å². The number of aromatic nitrogens is 3. The van der Waals surface area contributed by atoms with Crippen LogP contribution in [0.3, 0.4) is 0 Å². The second kappa shape index (κ2) is 6.70. The number of anilines is 1. The smallest absolute Gasteiger partial charge is 0.347 e. The second-order valence-electron chi connectivity index (χ2n) is 6.85. The van der Waals surface area contributed by atoms with Crippen LogP contribution in [0.4, 0.5) is 18.9 Å². The molecule has 0 N–H and O–H groups in total. The molecule has 3 rings (SSSR count). The fourth-order valence-electron chi connectivity index (χ4n) is 3.28. The highest BCUT2D eigenvalue weighted by molar-refractivity contribution is 7.99. The van der Waals surface area contributed by atoms with E-state index >= 15 is 0 Å². The van der Waals surface area contributed by atoms with Crippen LogP contribution in [0.15, 0.2) is 41.2 Å². The number of para-hydroxylation sites is 1. The molecule has 0 unspecified atom stereocenters. The van der Waals surface area contributed by atoms with Gasteiger partial charge >= 0.3 is 6.18 Å². The third-order valence-electron chi connectivity index (χ3n) is 4.67. The fraction of sp³-hybridized carbons (Fsp3) is 0.389. The van der Waals surface area contributed by atoms with Gasteiger partial charge in [0.05, 0.1) is 5.75 Å². The summed E-state index contributed by atoms with van der Waals surface area (Å²) in [6.07, 6.45) is -3.01. The molecule has 0 bridgehead atoms. The molecule has 1 aromatic carbocycles. The lowest BCUT2D eigenvalue weighted by molar-refractivity contribution is -0.147. The van der Waals surface area contributed by atoms with Crippen LogP contribution in [0.25, 0.3) is 0 Å². The molecule has 144 valence electrons. The van der Waals surface area contributed by atoms with E-state index in [0.29, 0.717) is 0 Å². The van der Waals surface area contributed by atoms with E-state index in [2.05, 4.69) is 10.2 Å². The minimum Gasteiger partial charge on any atom is -0.347 e. The first-order valence-electron chi connectivity index (χ1n) is 8.21. The molecule has 2 heterocycles. The van der Waals surface area contributed by atoms with Gasteiger partial charge in [0.1, 0.15) is 0 Å². The lowest BCUT2D eigenvalue weighted by Gasteiger charge is -2.23. The van der Waals surface area contributed by atoms with Crippen LogP contribution in [0.2, 0.25) is 0 Å². The van der Waals surface area contributed by atoms with Crippen molar-refractivity contribution in [2.75, 3.05) is 17.7 Å². The SMILES string of the molecule is CN1/C(=C/C(=O)CSc2nnc(C(F)(F)F)n2C)C(C)(C)c2ccccc21. The number of halogens is 3. The summed E-state index contributed by atoms with van der Waals surface area (Å²) in [4.78, 5) is 14.4. The average molecular weight is 396 g/mol. The van der Waals surface area contributed by atoms with Crippen LogP contribution in [-0.2, 0) is 23.4 Å². The average Bonchev–Trinajstić information content (AvgIpc) is 3.05. The zero-order chi connectivity index (χ0) is 20.0. The predicted octanol–water partition coefficient (Wildman–Crippen LogP) is 3.81. The second-order valence-corrected chi connectivity index (χ2v) is 7.79. The number of fused-ring (bicyclic) bond motifs is 1.